The van der Waals surface area contributed by atoms with Gasteiger partial charge in [-0.2, -0.15) is 0 Å². The smallest absolute Gasteiger partial charge is 0.306 e. The lowest BCUT2D eigenvalue weighted by atomic mass is 10.0. The Morgan fingerprint density at radius 2 is 0.661 bits per heavy atom. The molecule has 0 aromatic rings. The lowest BCUT2D eigenvalue weighted by Crippen LogP contribution is -2.30. The quantitative estimate of drug-likeness (QED) is 0.0262. The summed E-state index contributed by atoms with van der Waals surface area (Å²) in [6.45, 7) is 6.43. The average molecular weight is 865 g/mol. The molecule has 0 amide bonds. The van der Waals surface area contributed by atoms with Gasteiger partial charge in [0.25, 0.3) is 0 Å². The molecule has 0 aliphatic carbocycles. The molecule has 0 rings (SSSR count). The molecule has 1 atom stereocenters. The molecule has 62 heavy (non-hydrogen) atoms. The number of hydrogen-bond donors (Lipinski definition) is 0. The Kier molecular flexibility index (Phi) is 47.9. The highest BCUT2D eigenvalue weighted by Gasteiger charge is 2.19. The van der Waals surface area contributed by atoms with Gasteiger partial charge in [0, 0.05) is 19.3 Å². The van der Waals surface area contributed by atoms with Gasteiger partial charge < -0.3 is 14.2 Å². The van der Waals surface area contributed by atoms with Crippen LogP contribution in [0.15, 0.2) is 72.9 Å². The van der Waals surface area contributed by atoms with E-state index in [1.165, 1.54) is 77.0 Å². The molecule has 356 valence electrons. The van der Waals surface area contributed by atoms with Crippen molar-refractivity contribution in [1.82, 2.24) is 0 Å². The van der Waals surface area contributed by atoms with Crippen molar-refractivity contribution in [2.45, 2.75) is 252 Å². The lowest BCUT2D eigenvalue weighted by molar-refractivity contribution is -0.167. The van der Waals surface area contributed by atoms with Crippen LogP contribution in [0, 0.1) is 0 Å². The summed E-state index contributed by atoms with van der Waals surface area (Å²) in [7, 11) is 0. The third-order valence-electron chi connectivity index (χ3n) is 10.9. The van der Waals surface area contributed by atoms with Crippen molar-refractivity contribution in [2.24, 2.45) is 0 Å². The normalized spacial score (nSPS) is 12.6. The molecule has 0 aromatic carbocycles. The molecule has 0 bridgehead atoms. The van der Waals surface area contributed by atoms with E-state index in [0.717, 1.165) is 128 Å². The first-order valence-corrected chi connectivity index (χ1v) is 25.9. The van der Waals surface area contributed by atoms with Gasteiger partial charge in [0.15, 0.2) is 6.10 Å². The summed E-state index contributed by atoms with van der Waals surface area (Å²) in [5.74, 6) is -0.923. The Bertz CT molecular complexity index is 1180. The van der Waals surface area contributed by atoms with E-state index in [1.807, 2.05) is 0 Å². The van der Waals surface area contributed by atoms with Crippen LogP contribution in [0.1, 0.15) is 245 Å². The molecule has 0 N–H and O–H groups in total. The standard InChI is InChI=1S/C56H96O6/c1-4-7-10-13-16-19-22-25-27-28-29-32-34-37-40-43-46-49-55(58)61-52-53(51-60-54(57)48-45-42-39-36-33-30-24-21-18-15-12-9-6-3)62-56(59)50-47-44-41-38-35-31-26-23-20-17-14-11-8-5-2/h7,10,12,15-16,19,21,24-25,27,29,32,53H,4-6,8-9,11,13-14,17-18,20,22-23,26,28,30-31,33-52H2,1-3H3/b10-7-,15-12-,19-16-,24-21-,27-25-,32-29-. The molecule has 0 fully saturated rings. The zero-order valence-corrected chi connectivity index (χ0v) is 40.6. The fraction of sp³-hybridized carbons (Fsp3) is 0.732. The molecule has 6 heteroatoms. The predicted octanol–water partition coefficient (Wildman–Crippen LogP) is 17.0. The van der Waals surface area contributed by atoms with E-state index < -0.39 is 6.10 Å². The number of unbranched alkanes of at least 4 members (excludes halogenated alkanes) is 23. The van der Waals surface area contributed by atoms with Crippen molar-refractivity contribution in [2.75, 3.05) is 13.2 Å². The van der Waals surface area contributed by atoms with Crippen LogP contribution in [0.2, 0.25) is 0 Å². The average Bonchev–Trinajstić information content (AvgIpc) is 3.27. The van der Waals surface area contributed by atoms with Gasteiger partial charge in [0.05, 0.1) is 0 Å². The van der Waals surface area contributed by atoms with Crippen molar-refractivity contribution in [3.8, 4) is 0 Å². The van der Waals surface area contributed by atoms with Gasteiger partial charge in [0.2, 0.25) is 0 Å². The van der Waals surface area contributed by atoms with E-state index in [1.54, 1.807) is 0 Å². The molecule has 1 unspecified atom stereocenters. The van der Waals surface area contributed by atoms with E-state index in [-0.39, 0.29) is 31.1 Å². The van der Waals surface area contributed by atoms with Crippen LogP contribution < -0.4 is 0 Å². The van der Waals surface area contributed by atoms with Crippen molar-refractivity contribution < 1.29 is 28.6 Å². The third kappa shape index (κ3) is 47.9. The highest BCUT2D eigenvalue weighted by atomic mass is 16.6. The molecule has 0 saturated heterocycles. The maximum absolute atomic E-state index is 12.8. The van der Waals surface area contributed by atoms with Crippen LogP contribution in [0.3, 0.4) is 0 Å². The minimum Gasteiger partial charge on any atom is -0.462 e. The van der Waals surface area contributed by atoms with E-state index in [9.17, 15) is 14.4 Å². The fourth-order valence-electron chi connectivity index (χ4n) is 7.06. The number of ether oxygens (including phenoxy) is 3. The summed E-state index contributed by atoms with van der Waals surface area (Å²) >= 11 is 0. The summed E-state index contributed by atoms with van der Waals surface area (Å²) in [5.41, 5.74) is 0. The highest BCUT2D eigenvalue weighted by molar-refractivity contribution is 5.71. The minimum atomic E-state index is -0.789. The van der Waals surface area contributed by atoms with E-state index in [0.29, 0.717) is 19.3 Å². The molecule has 0 heterocycles. The van der Waals surface area contributed by atoms with E-state index in [2.05, 4.69) is 93.7 Å². The van der Waals surface area contributed by atoms with Gasteiger partial charge in [-0.3, -0.25) is 14.4 Å². The highest BCUT2D eigenvalue weighted by Crippen LogP contribution is 2.15. The summed E-state index contributed by atoms with van der Waals surface area (Å²) in [6, 6.07) is 0. The van der Waals surface area contributed by atoms with Crippen LogP contribution in [-0.2, 0) is 28.6 Å². The maximum atomic E-state index is 12.8. The summed E-state index contributed by atoms with van der Waals surface area (Å²) in [6.07, 6.45) is 63.1. The Balaban J connectivity index is 4.43. The first-order chi connectivity index (χ1) is 30.5. The summed E-state index contributed by atoms with van der Waals surface area (Å²) in [5, 5.41) is 0. The number of esters is 3. The van der Waals surface area contributed by atoms with Gasteiger partial charge in [-0.15, -0.1) is 0 Å². The first-order valence-electron chi connectivity index (χ1n) is 25.9. The van der Waals surface area contributed by atoms with Crippen LogP contribution in [-0.4, -0.2) is 37.2 Å². The minimum absolute atomic E-state index is 0.0894. The largest absolute Gasteiger partial charge is 0.462 e. The lowest BCUT2D eigenvalue weighted by Gasteiger charge is -2.18. The monoisotopic (exact) mass is 865 g/mol. The third-order valence-corrected chi connectivity index (χ3v) is 10.9. The van der Waals surface area contributed by atoms with Gasteiger partial charge in [-0.25, -0.2) is 0 Å². The topological polar surface area (TPSA) is 78.9 Å². The Morgan fingerprint density at radius 1 is 0.339 bits per heavy atom. The van der Waals surface area contributed by atoms with Crippen molar-refractivity contribution in [3.05, 3.63) is 72.9 Å². The summed E-state index contributed by atoms with van der Waals surface area (Å²) in [4.78, 5) is 38.0. The fourth-order valence-corrected chi connectivity index (χ4v) is 7.06. The zero-order valence-electron chi connectivity index (χ0n) is 40.6. The van der Waals surface area contributed by atoms with E-state index >= 15 is 0 Å². The number of carbonyl (C=O) groups excluding carboxylic acids is 3. The first kappa shape index (κ1) is 58.9. The Labute approximate surface area is 382 Å². The van der Waals surface area contributed by atoms with Gasteiger partial charge in [0.1, 0.15) is 13.2 Å². The Hall–Kier alpha value is -3.15. The predicted molar refractivity (Wildman–Crippen MR) is 265 cm³/mol. The second-order valence-electron chi connectivity index (χ2n) is 17.1. The molecule has 0 aromatic heterocycles. The van der Waals surface area contributed by atoms with Crippen LogP contribution in [0.25, 0.3) is 0 Å². The van der Waals surface area contributed by atoms with Crippen molar-refractivity contribution in [3.63, 3.8) is 0 Å². The molecule has 0 saturated carbocycles. The summed E-state index contributed by atoms with van der Waals surface area (Å²) < 4.78 is 16.8. The molecule has 0 radical (unpaired) electrons. The Morgan fingerprint density at radius 3 is 1.05 bits per heavy atom. The van der Waals surface area contributed by atoms with Crippen molar-refractivity contribution in [1.29, 1.82) is 0 Å². The van der Waals surface area contributed by atoms with Gasteiger partial charge in [-0.1, -0.05) is 216 Å². The molecule has 0 aliphatic rings. The van der Waals surface area contributed by atoms with Crippen molar-refractivity contribution >= 4 is 17.9 Å². The zero-order chi connectivity index (χ0) is 45.1. The van der Waals surface area contributed by atoms with Gasteiger partial charge in [-0.05, 0) is 83.5 Å². The molecular weight excluding hydrogens is 769 g/mol. The number of hydrogen-bond acceptors (Lipinski definition) is 6. The molecule has 6 nitrogen and oxygen atoms in total. The molecule has 0 aliphatic heterocycles. The number of rotatable bonds is 46. The maximum Gasteiger partial charge on any atom is 0.306 e. The van der Waals surface area contributed by atoms with Gasteiger partial charge >= 0.3 is 17.9 Å². The van der Waals surface area contributed by atoms with Crippen LogP contribution in [0.4, 0.5) is 0 Å². The number of allylic oxidation sites excluding steroid dienone is 12. The molecule has 0 spiro atoms. The second-order valence-corrected chi connectivity index (χ2v) is 17.1. The number of carbonyl (C=O) groups is 3. The molecular formula is C56H96O6. The second kappa shape index (κ2) is 50.5. The van der Waals surface area contributed by atoms with Crippen LogP contribution in [0.5, 0.6) is 0 Å². The SMILES string of the molecule is CC/C=C\C/C=C\C/C=C\C/C=C\CCCCCCC(=O)OCC(COC(=O)CCCCCCC/C=C\C/C=C\CCC)OC(=O)CCCCCCCCCCCCCCCC. The van der Waals surface area contributed by atoms with Crippen LogP contribution >= 0.6 is 0 Å². The van der Waals surface area contributed by atoms with E-state index in [4.69, 9.17) is 14.2 Å².